The van der Waals surface area contributed by atoms with E-state index in [9.17, 15) is 22.4 Å². The van der Waals surface area contributed by atoms with E-state index < -0.39 is 34.3 Å². The number of halogens is 3. The second kappa shape index (κ2) is 13.9. The molecule has 0 aliphatic heterocycles. The molecule has 2 amide bonds. The first-order valence-corrected chi connectivity index (χ1v) is 16.1. The molecule has 0 aromatic heterocycles. The molecule has 1 saturated carbocycles. The average molecular weight is 635 g/mol. The third kappa shape index (κ3) is 7.43. The number of hydrogen-bond donors (Lipinski definition) is 1. The summed E-state index contributed by atoms with van der Waals surface area (Å²) in [5, 5.41) is 3.15. The fourth-order valence-electron chi connectivity index (χ4n) is 5.11. The molecule has 42 heavy (non-hydrogen) atoms. The Hall–Kier alpha value is -3.14. The lowest BCUT2D eigenvalue weighted by Crippen LogP contribution is -2.53. The minimum absolute atomic E-state index is 0.0259. The summed E-state index contributed by atoms with van der Waals surface area (Å²) in [7, 11) is -4.30. The van der Waals surface area contributed by atoms with E-state index in [1.54, 1.807) is 25.1 Å². The number of amides is 2. The van der Waals surface area contributed by atoms with E-state index >= 15 is 0 Å². The minimum Gasteiger partial charge on any atom is -0.352 e. The van der Waals surface area contributed by atoms with Crippen molar-refractivity contribution in [1.82, 2.24) is 10.2 Å². The van der Waals surface area contributed by atoms with Gasteiger partial charge >= 0.3 is 0 Å². The Morgan fingerprint density at radius 2 is 1.64 bits per heavy atom. The van der Waals surface area contributed by atoms with Crippen molar-refractivity contribution in [2.24, 2.45) is 0 Å². The Kier molecular flexibility index (Phi) is 10.5. The lowest BCUT2D eigenvalue weighted by molar-refractivity contribution is -0.140. The van der Waals surface area contributed by atoms with Gasteiger partial charge in [0.05, 0.1) is 20.6 Å². The van der Waals surface area contributed by atoms with Gasteiger partial charge in [-0.05, 0) is 68.1 Å². The Morgan fingerprint density at radius 3 is 2.26 bits per heavy atom. The van der Waals surface area contributed by atoms with Gasteiger partial charge in [-0.25, -0.2) is 12.8 Å². The third-order valence-corrected chi connectivity index (χ3v) is 10.0. The zero-order chi connectivity index (χ0) is 30.4. The van der Waals surface area contributed by atoms with Crippen molar-refractivity contribution in [2.45, 2.75) is 69.5 Å². The maximum absolute atomic E-state index is 14.2. The van der Waals surface area contributed by atoms with E-state index in [2.05, 4.69) is 5.32 Å². The molecule has 0 unspecified atom stereocenters. The quantitative estimate of drug-likeness (QED) is 0.261. The Bertz CT molecular complexity index is 1510. The molecule has 3 aromatic carbocycles. The summed E-state index contributed by atoms with van der Waals surface area (Å²) >= 11 is 12.7. The second-order valence-electron chi connectivity index (χ2n) is 10.5. The van der Waals surface area contributed by atoms with Crippen LogP contribution >= 0.6 is 23.2 Å². The SMILES string of the molecule is CC[C@@H](C(=O)NC1CCCC1)N(Cc1ccc(F)cc1)C(=O)CN(c1cccc(Cl)c1Cl)S(=O)(=O)c1ccc(C)cc1. The lowest BCUT2D eigenvalue weighted by Gasteiger charge is -2.34. The number of carbonyl (C=O) groups excluding carboxylic acids is 2. The van der Waals surface area contributed by atoms with Crippen molar-refractivity contribution < 1.29 is 22.4 Å². The maximum atomic E-state index is 14.2. The van der Waals surface area contributed by atoms with Crippen molar-refractivity contribution in [1.29, 1.82) is 0 Å². The Morgan fingerprint density at radius 1 is 1.00 bits per heavy atom. The fraction of sp³-hybridized carbons (Fsp3) is 0.355. The van der Waals surface area contributed by atoms with Gasteiger partial charge in [-0.1, -0.05) is 78.9 Å². The first kappa shape index (κ1) is 31.8. The summed E-state index contributed by atoms with van der Waals surface area (Å²) in [6.45, 7) is 2.95. The van der Waals surface area contributed by atoms with Crippen LogP contribution in [0.25, 0.3) is 0 Å². The number of rotatable bonds is 11. The second-order valence-corrected chi connectivity index (χ2v) is 13.1. The largest absolute Gasteiger partial charge is 0.352 e. The Balaban J connectivity index is 1.74. The van der Waals surface area contributed by atoms with Crippen LogP contribution < -0.4 is 9.62 Å². The summed E-state index contributed by atoms with van der Waals surface area (Å²) in [5.74, 6) is -1.37. The van der Waals surface area contributed by atoms with Crippen LogP contribution in [0.15, 0.2) is 71.6 Å². The molecule has 0 bridgehead atoms. The van der Waals surface area contributed by atoms with Crippen molar-refractivity contribution in [3.63, 3.8) is 0 Å². The molecular formula is C31H34Cl2FN3O4S. The van der Waals surface area contributed by atoms with Crippen LogP contribution in [0.5, 0.6) is 0 Å². The van der Waals surface area contributed by atoms with Gasteiger partial charge in [0.1, 0.15) is 18.4 Å². The first-order valence-electron chi connectivity index (χ1n) is 13.9. The molecule has 224 valence electrons. The number of nitrogens with zero attached hydrogens (tertiary/aromatic N) is 2. The van der Waals surface area contributed by atoms with Gasteiger partial charge in [0.15, 0.2) is 0 Å². The molecule has 1 aliphatic rings. The molecule has 1 N–H and O–H groups in total. The topological polar surface area (TPSA) is 86.8 Å². The lowest BCUT2D eigenvalue weighted by atomic mass is 10.1. The van der Waals surface area contributed by atoms with Gasteiger partial charge in [-0.3, -0.25) is 13.9 Å². The van der Waals surface area contributed by atoms with E-state index in [-0.39, 0.29) is 45.5 Å². The molecule has 4 rings (SSSR count). The predicted molar refractivity (Wildman–Crippen MR) is 164 cm³/mol. The number of sulfonamides is 1. The number of carbonyl (C=O) groups is 2. The minimum atomic E-state index is -4.30. The first-order chi connectivity index (χ1) is 20.0. The van der Waals surface area contributed by atoms with E-state index in [0.29, 0.717) is 5.56 Å². The summed E-state index contributed by atoms with van der Waals surface area (Å²) in [6.07, 6.45) is 4.06. The van der Waals surface area contributed by atoms with Crippen LogP contribution in [0, 0.1) is 12.7 Å². The molecule has 0 radical (unpaired) electrons. The number of anilines is 1. The summed E-state index contributed by atoms with van der Waals surface area (Å²) < 4.78 is 42.6. The van der Waals surface area contributed by atoms with Crippen LogP contribution in [0.4, 0.5) is 10.1 Å². The summed E-state index contributed by atoms with van der Waals surface area (Å²) in [5.41, 5.74) is 1.48. The number of benzene rings is 3. The maximum Gasteiger partial charge on any atom is 0.264 e. The highest BCUT2D eigenvalue weighted by molar-refractivity contribution is 7.92. The molecule has 7 nitrogen and oxygen atoms in total. The fourth-order valence-corrected chi connectivity index (χ4v) is 6.98. The molecule has 0 spiro atoms. The van der Waals surface area contributed by atoms with Gasteiger partial charge in [0.25, 0.3) is 10.0 Å². The third-order valence-electron chi connectivity index (χ3n) is 7.44. The average Bonchev–Trinajstić information content (AvgIpc) is 3.47. The highest BCUT2D eigenvalue weighted by Gasteiger charge is 2.35. The highest BCUT2D eigenvalue weighted by Crippen LogP contribution is 2.35. The zero-order valence-electron chi connectivity index (χ0n) is 23.5. The van der Waals surface area contributed by atoms with Crippen LogP contribution in [-0.2, 0) is 26.2 Å². The van der Waals surface area contributed by atoms with Crippen molar-refractivity contribution in [2.75, 3.05) is 10.8 Å². The van der Waals surface area contributed by atoms with E-state index in [4.69, 9.17) is 23.2 Å². The van der Waals surface area contributed by atoms with Crippen LogP contribution in [-0.4, -0.2) is 43.8 Å². The van der Waals surface area contributed by atoms with Gasteiger partial charge in [-0.2, -0.15) is 0 Å². The van der Waals surface area contributed by atoms with Crippen LogP contribution in [0.3, 0.4) is 0 Å². The number of nitrogens with one attached hydrogen (secondary N) is 1. The van der Waals surface area contributed by atoms with Gasteiger partial charge < -0.3 is 10.2 Å². The van der Waals surface area contributed by atoms with Crippen molar-refractivity contribution >= 4 is 50.7 Å². The number of aryl methyl sites for hydroxylation is 1. The molecule has 0 saturated heterocycles. The number of hydrogen-bond acceptors (Lipinski definition) is 4. The molecule has 3 aromatic rings. The van der Waals surface area contributed by atoms with Gasteiger partial charge in [0, 0.05) is 12.6 Å². The molecule has 1 fully saturated rings. The predicted octanol–water partition coefficient (Wildman–Crippen LogP) is 6.50. The summed E-state index contributed by atoms with van der Waals surface area (Å²) in [4.78, 5) is 29.0. The van der Waals surface area contributed by atoms with E-state index in [1.807, 2.05) is 6.92 Å². The van der Waals surface area contributed by atoms with E-state index in [0.717, 1.165) is 35.6 Å². The molecule has 1 atom stereocenters. The van der Waals surface area contributed by atoms with Crippen molar-refractivity contribution in [3.05, 3.63) is 93.7 Å². The summed E-state index contributed by atoms with van der Waals surface area (Å²) in [6, 6.07) is 15.5. The van der Waals surface area contributed by atoms with Gasteiger partial charge in [0.2, 0.25) is 11.8 Å². The standard InChI is InChI=1S/C31H34Cl2FN3O4S/c1-3-27(31(39)35-24-7-4-5-8-24)36(19-22-13-15-23(34)16-14-22)29(38)20-37(28-10-6-9-26(32)30(28)33)42(40,41)25-17-11-21(2)12-18-25/h6,9-18,24,27H,3-5,7-8,19-20H2,1-2H3,(H,35,39)/t27-/m0/s1. The molecule has 1 aliphatic carbocycles. The molecular weight excluding hydrogens is 600 g/mol. The van der Waals surface area contributed by atoms with Crippen LogP contribution in [0.1, 0.15) is 50.2 Å². The molecule has 0 heterocycles. The Labute approximate surface area is 256 Å². The smallest absolute Gasteiger partial charge is 0.264 e. The normalized spacial score (nSPS) is 14.4. The van der Waals surface area contributed by atoms with Crippen molar-refractivity contribution in [3.8, 4) is 0 Å². The monoisotopic (exact) mass is 633 g/mol. The van der Waals surface area contributed by atoms with E-state index in [1.165, 1.54) is 53.4 Å². The highest BCUT2D eigenvalue weighted by atomic mass is 35.5. The molecule has 11 heteroatoms. The zero-order valence-corrected chi connectivity index (χ0v) is 25.9. The van der Waals surface area contributed by atoms with Gasteiger partial charge in [-0.15, -0.1) is 0 Å². The van der Waals surface area contributed by atoms with Crippen LogP contribution in [0.2, 0.25) is 10.0 Å².